The van der Waals surface area contributed by atoms with Crippen LogP contribution in [0, 0.1) is 0 Å². The number of anilines is 1. The second-order valence-electron chi connectivity index (χ2n) is 3.81. The molecule has 0 aromatic carbocycles. The standard InChI is InChI=1S/C10H15N3O2S2/c1-13(5-6-17(2,14)15)8-3-4-12-9(7-8)10(11)16/h3-4,7H,5-6H2,1-2H3,(H2,11,16). The maximum absolute atomic E-state index is 11.1. The van der Waals surface area contributed by atoms with E-state index in [0.29, 0.717) is 12.2 Å². The molecule has 0 amide bonds. The molecular weight excluding hydrogens is 258 g/mol. The van der Waals surface area contributed by atoms with Gasteiger partial charge in [0.05, 0.1) is 11.4 Å². The Morgan fingerprint density at radius 1 is 1.59 bits per heavy atom. The molecule has 0 saturated heterocycles. The lowest BCUT2D eigenvalue weighted by Gasteiger charge is -2.18. The molecule has 0 fully saturated rings. The van der Waals surface area contributed by atoms with Gasteiger partial charge in [0.15, 0.2) is 0 Å². The number of sulfone groups is 1. The Labute approximate surface area is 107 Å². The first-order valence-corrected chi connectivity index (χ1v) is 7.41. The monoisotopic (exact) mass is 273 g/mol. The highest BCUT2D eigenvalue weighted by Crippen LogP contribution is 2.12. The average Bonchev–Trinajstić information content (AvgIpc) is 2.25. The van der Waals surface area contributed by atoms with Gasteiger partial charge in [-0.3, -0.25) is 4.98 Å². The van der Waals surface area contributed by atoms with Gasteiger partial charge < -0.3 is 10.6 Å². The molecule has 0 unspecified atom stereocenters. The van der Waals surface area contributed by atoms with E-state index in [1.165, 1.54) is 6.26 Å². The van der Waals surface area contributed by atoms with E-state index in [2.05, 4.69) is 4.98 Å². The van der Waals surface area contributed by atoms with Gasteiger partial charge in [-0.1, -0.05) is 12.2 Å². The summed E-state index contributed by atoms with van der Waals surface area (Å²) >= 11 is 4.83. The molecule has 0 radical (unpaired) electrons. The largest absolute Gasteiger partial charge is 0.388 e. The number of nitrogens with two attached hydrogens (primary N) is 1. The maximum atomic E-state index is 11.1. The van der Waals surface area contributed by atoms with Crippen LogP contribution in [0.25, 0.3) is 0 Å². The van der Waals surface area contributed by atoms with Crippen molar-refractivity contribution in [2.45, 2.75) is 0 Å². The summed E-state index contributed by atoms with van der Waals surface area (Å²) in [4.78, 5) is 6.07. The Morgan fingerprint density at radius 2 is 2.24 bits per heavy atom. The zero-order valence-electron chi connectivity index (χ0n) is 9.75. The van der Waals surface area contributed by atoms with E-state index in [1.54, 1.807) is 18.3 Å². The van der Waals surface area contributed by atoms with E-state index in [9.17, 15) is 8.42 Å². The fourth-order valence-corrected chi connectivity index (χ4v) is 1.94. The van der Waals surface area contributed by atoms with E-state index in [-0.39, 0.29) is 10.7 Å². The van der Waals surface area contributed by atoms with Gasteiger partial charge >= 0.3 is 0 Å². The molecule has 0 spiro atoms. The Kier molecular flexibility index (Phi) is 4.41. The molecule has 1 aromatic rings. The van der Waals surface area contributed by atoms with Crippen molar-refractivity contribution in [2.75, 3.05) is 30.5 Å². The highest BCUT2D eigenvalue weighted by atomic mass is 32.2. The third kappa shape index (κ3) is 4.66. The minimum Gasteiger partial charge on any atom is -0.388 e. The van der Waals surface area contributed by atoms with Gasteiger partial charge in [-0.05, 0) is 12.1 Å². The molecule has 1 heterocycles. The van der Waals surface area contributed by atoms with E-state index < -0.39 is 9.84 Å². The molecule has 1 aromatic heterocycles. The number of thiocarbonyl (C=S) groups is 1. The van der Waals surface area contributed by atoms with Crippen molar-refractivity contribution in [1.29, 1.82) is 0 Å². The summed E-state index contributed by atoms with van der Waals surface area (Å²) in [5.74, 6) is 0.105. The number of rotatable bonds is 5. The number of hydrogen-bond acceptors (Lipinski definition) is 5. The van der Waals surface area contributed by atoms with E-state index in [4.69, 9.17) is 18.0 Å². The molecule has 0 aliphatic heterocycles. The second-order valence-corrected chi connectivity index (χ2v) is 6.51. The molecule has 1 rings (SSSR count). The molecule has 0 atom stereocenters. The van der Waals surface area contributed by atoms with E-state index in [1.807, 2.05) is 11.9 Å². The zero-order valence-corrected chi connectivity index (χ0v) is 11.4. The topological polar surface area (TPSA) is 76.3 Å². The molecule has 5 nitrogen and oxygen atoms in total. The molecule has 7 heteroatoms. The van der Waals surface area contributed by atoms with E-state index in [0.717, 1.165) is 5.69 Å². The average molecular weight is 273 g/mol. The summed E-state index contributed by atoms with van der Waals surface area (Å²) in [6.07, 6.45) is 2.81. The van der Waals surface area contributed by atoms with Crippen molar-refractivity contribution in [3.05, 3.63) is 24.0 Å². The fraction of sp³-hybridized carbons (Fsp3) is 0.400. The predicted molar refractivity (Wildman–Crippen MR) is 73.1 cm³/mol. The van der Waals surface area contributed by atoms with Crippen molar-refractivity contribution < 1.29 is 8.42 Å². The van der Waals surface area contributed by atoms with Crippen LogP contribution in [0.2, 0.25) is 0 Å². The van der Waals surface area contributed by atoms with Crippen LogP contribution in [0.4, 0.5) is 5.69 Å². The molecular formula is C10H15N3O2S2. The summed E-state index contributed by atoms with van der Waals surface area (Å²) in [5.41, 5.74) is 6.85. The number of hydrogen-bond donors (Lipinski definition) is 1. The highest BCUT2D eigenvalue weighted by molar-refractivity contribution is 7.90. The minimum atomic E-state index is -2.96. The van der Waals surface area contributed by atoms with Crippen LogP contribution in [0.1, 0.15) is 5.69 Å². The van der Waals surface area contributed by atoms with E-state index >= 15 is 0 Å². The second kappa shape index (κ2) is 5.42. The number of nitrogens with zero attached hydrogens (tertiary/aromatic N) is 2. The third-order valence-electron chi connectivity index (χ3n) is 2.23. The summed E-state index contributed by atoms with van der Waals surface area (Å²) in [6, 6.07) is 3.52. The van der Waals surface area contributed by atoms with Crippen LogP contribution in [-0.4, -0.2) is 44.0 Å². The Hall–Kier alpha value is -1.21. The molecule has 2 N–H and O–H groups in total. The summed E-state index contributed by atoms with van der Waals surface area (Å²) in [6.45, 7) is 0.416. The Bertz CT molecular complexity index is 514. The summed E-state index contributed by atoms with van der Waals surface area (Å²) in [5, 5.41) is 0. The van der Waals surface area contributed by atoms with Crippen molar-refractivity contribution in [2.24, 2.45) is 5.73 Å². The zero-order chi connectivity index (χ0) is 13.1. The molecule has 0 saturated carbocycles. The van der Waals surface area contributed by atoms with Crippen LogP contribution < -0.4 is 10.6 Å². The van der Waals surface area contributed by atoms with Gasteiger partial charge in [-0.15, -0.1) is 0 Å². The lowest BCUT2D eigenvalue weighted by molar-refractivity contribution is 0.601. The number of aromatic nitrogens is 1. The minimum absolute atomic E-state index is 0.105. The quantitative estimate of drug-likeness (QED) is 0.772. The van der Waals surface area contributed by atoms with Crippen molar-refractivity contribution in [3.63, 3.8) is 0 Å². The lowest BCUT2D eigenvalue weighted by atomic mass is 10.3. The Balaban J connectivity index is 2.79. The van der Waals surface area contributed by atoms with Crippen LogP contribution >= 0.6 is 12.2 Å². The Morgan fingerprint density at radius 3 is 2.76 bits per heavy atom. The summed E-state index contributed by atoms with van der Waals surface area (Å²) in [7, 11) is -1.15. The van der Waals surface area contributed by atoms with Crippen molar-refractivity contribution in [3.8, 4) is 0 Å². The van der Waals surface area contributed by atoms with Gasteiger partial charge in [0.1, 0.15) is 14.8 Å². The molecule has 0 aliphatic rings. The SMILES string of the molecule is CN(CCS(C)(=O)=O)c1ccnc(C(N)=S)c1. The first-order chi connectivity index (χ1) is 7.79. The lowest BCUT2D eigenvalue weighted by Crippen LogP contribution is -2.25. The molecule has 0 aliphatic carbocycles. The van der Waals surface area contributed by atoms with Crippen LogP contribution in [0.15, 0.2) is 18.3 Å². The van der Waals surface area contributed by atoms with Gasteiger partial charge in [0.25, 0.3) is 0 Å². The van der Waals surface area contributed by atoms with Crippen LogP contribution in [0.3, 0.4) is 0 Å². The van der Waals surface area contributed by atoms with Crippen LogP contribution in [0.5, 0.6) is 0 Å². The maximum Gasteiger partial charge on any atom is 0.149 e. The highest BCUT2D eigenvalue weighted by Gasteiger charge is 2.08. The summed E-state index contributed by atoms with van der Waals surface area (Å²) < 4.78 is 22.1. The molecule has 17 heavy (non-hydrogen) atoms. The van der Waals surface area contributed by atoms with Crippen LogP contribution in [-0.2, 0) is 9.84 Å². The first-order valence-electron chi connectivity index (χ1n) is 4.94. The first kappa shape index (κ1) is 13.9. The molecule has 0 bridgehead atoms. The third-order valence-corrected chi connectivity index (χ3v) is 3.37. The fourth-order valence-electron chi connectivity index (χ4n) is 1.22. The van der Waals surface area contributed by atoms with Crippen molar-refractivity contribution in [1.82, 2.24) is 4.98 Å². The number of pyridine rings is 1. The van der Waals surface area contributed by atoms with Gasteiger partial charge in [0, 0.05) is 31.7 Å². The van der Waals surface area contributed by atoms with Gasteiger partial charge in [-0.2, -0.15) is 0 Å². The predicted octanol–water partition coefficient (Wildman–Crippen LogP) is 0.197. The van der Waals surface area contributed by atoms with Crippen molar-refractivity contribution >= 4 is 32.7 Å². The molecule has 94 valence electrons. The van der Waals surface area contributed by atoms with Gasteiger partial charge in [0.2, 0.25) is 0 Å². The van der Waals surface area contributed by atoms with Gasteiger partial charge in [-0.25, -0.2) is 8.42 Å². The normalized spacial score (nSPS) is 11.2. The smallest absolute Gasteiger partial charge is 0.149 e.